The van der Waals surface area contributed by atoms with Crippen molar-refractivity contribution in [2.45, 2.75) is 24.4 Å². The molecule has 0 amide bonds. The molecule has 1 aromatic carbocycles. The van der Waals surface area contributed by atoms with Crippen molar-refractivity contribution in [2.75, 3.05) is 0 Å². The number of benzene rings is 1. The number of nitrogens with zero attached hydrogens (tertiary/aromatic N) is 1. The maximum absolute atomic E-state index is 12.4. The second-order valence-corrected chi connectivity index (χ2v) is 6.17. The lowest BCUT2D eigenvalue weighted by Crippen LogP contribution is -2.36. The third kappa shape index (κ3) is 3.25. The molecule has 0 saturated heterocycles. The highest BCUT2D eigenvalue weighted by Crippen LogP contribution is 2.27. The fourth-order valence-electron chi connectivity index (χ4n) is 1.68. The fraction of sp³-hybridized carbons (Fsp3) is 0.364. The minimum Gasteiger partial charge on any atom is -0.296 e. The van der Waals surface area contributed by atoms with Crippen LogP contribution in [-0.4, -0.2) is 25.7 Å². The van der Waals surface area contributed by atoms with E-state index in [1.54, 1.807) is 30.3 Å². The Hall–Kier alpha value is -1.57. The van der Waals surface area contributed by atoms with Crippen LogP contribution < -0.4 is 5.43 Å². The molecule has 1 heterocycles. The van der Waals surface area contributed by atoms with E-state index in [9.17, 15) is 21.6 Å². The van der Waals surface area contributed by atoms with E-state index in [0.29, 0.717) is 5.56 Å². The summed E-state index contributed by atoms with van der Waals surface area (Å²) in [4.78, 5) is 0. The maximum atomic E-state index is 12.4. The van der Waals surface area contributed by atoms with Gasteiger partial charge < -0.3 is 0 Å². The molecule has 0 saturated carbocycles. The predicted octanol–water partition coefficient (Wildman–Crippen LogP) is 1.84. The van der Waals surface area contributed by atoms with E-state index in [1.165, 1.54) is 0 Å². The summed E-state index contributed by atoms with van der Waals surface area (Å²) in [5.74, 6) is -0.348. The molecule has 4 nitrogen and oxygen atoms in total. The third-order valence-corrected chi connectivity index (χ3v) is 4.37. The van der Waals surface area contributed by atoms with Crippen molar-refractivity contribution < 1.29 is 21.6 Å². The Labute approximate surface area is 108 Å². The fourth-order valence-corrected chi connectivity index (χ4v) is 3.09. The Morgan fingerprint density at radius 3 is 2.42 bits per heavy atom. The monoisotopic (exact) mass is 292 g/mol. The molecular weight excluding hydrogens is 281 g/mol. The minimum absolute atomic E-state index is 0.348. The van der Waals surface area contributed by atoms with Gasteiger partial charge in [0.2, 0.25) is 0 Å². The standard InChI is InChI=1S/C11H11F3N2O2S/c12-11(13,14)9-6-10(16-15-9)19(17,18)7-8-4-2-1-3-5-8/h1-5,9,15H,6-7H2. The first-order valence-corrected chi connectivity index (χ1v) is 7.10. The number of rotatable bonds is 2. The molecule has 1 aliphatic rings. The second kappa shape index (κ2) is 4.84. The predicted molar refractivity (Wildman–Crippen MR) is 64.1 cm³/mol. The first-order valence-electron chi connectivity index (χ1n) is 5.44. The van der Waals surface area contributed by atoms with E-state index in [1.807, 2.05) is 5.43 Å². The number of hydrogen-bond donors (Lipinski definition) is 1. The van der Waals surface area contributed by atoms with Crippen LogP contribution in [0.3, 0.4) is 0 Å². The number of alkyl halides is 3. The van der Waals surface area contributed by atoms with Gasteiger partial charge in [0.25, 0.3) is 0 Å². The van der Waals surface area contributed by atoms with Crippen molar-refractivity contribution >= 4 is 14.9 Å². The van der Waals surface area contributed by atoms with E-state index in [4.69, 9.17) is 0 Å². The van der Waals surface area contributed by atoms with Crippen molar-refractivity contribution in [3.63, 3.8) is 0 Å². The lowest BCUT2D eigenvalue weighted by Gasteiger charge is -2.13. The molecule has 2 rings (SSSR count). The summed E-state index contributed by atoms with van der Waals surface area (Å²) in [6.07, 6.45) is -5.16. The lowest BCUT2D eigenvalue weighted by molar-refractivity contribution is -0.151. The smallest absolute Gasteiger partial charge is 0.296 e. The largest absolute Gasteiger partial charge is 0.410 e. The summed E-state index contributed by atoms with van der Waals surface area (Å²) in [5, 5.41) is 2.86. The summed E-state index contributed by atoms with van der Waals surface area (Å²) in [6.45, 7) is 0. The van der Waals surface area contributed by atoms with Gasteiger partial charge in [-0.1, -0.05) is 30.3 Å². The van der Waals surface area contributed by atoms with Gasteiger partial charge in [-0.3, -0.25) is 5.43 Å². The topological polar surface area (TPSA) is 58.5 Å². The molecule has 8 heteroatoms. The first-order chi connectivity index (χ1) is 8.79. The van der Waals surface area contributed by atoms with E-state index < -0.39 is 33.5 Å². The summed E-state index contributed by atoms with van der Waals surface area (Å²) in [7, 11) is -3.82. The summed E-state index contributed by atoms with van der Waals surface area (Å²) in [6, 6.07) is 6.33. The summed E-state index contributed by atoms with van der Waals surface area (Å²) < 4.78 is 61.1. The van der Waals surface area contributed by atoms with Crippen molar-refractivity contribution in [1.82, 2.24) is 5.43 Å². The molecule has 0 aromatic heterocycles. The van der Waals surface area contributed by atoms with Gasteiger partial charge in [0.15, 0.2) is 14.9 Å². The van der Waals surface area contributed by atoms with Gasteiger partial charge in [-0.05, 0) is 5.56 Å². The highest BCUT2D eigenvalue weighted by atomic mass is 32.2. The molecule has 104 valence electrons. The normalized spacial score (nSPS) is 19.9. The molecule has 0 fully saturated rings. The molecule has 0 aliphatic carbocycles. The van der Waals surface area contributed by atoms with Crippen molar-refractivity contribution in [3.05, 3.63) is 35.9 Å². The van der Waals surface area contributed by atoms with E-state index in [0.717, 1.165) is 0 Å². The zero-order valence-electron chi connectivity index (χ0n) is 9.68. The highest BCUT2D eigenvalue weighted by molar-refractivity contribution is 8.05. The zero-order chi connectivity index (χ0) is 14.1. The van der Waals surface area contributed by atoms with Crippen LogP contribution in [0.5, 0.6) is 0 Å². The average Bonchev–Trinajstić information content (AvgIpc) is 2.79. The molecule has 1 aliphatic heterocycles. The van der Waals surface area contributed by atoms with Crippen molar-refractivity contribution in [3.8, 4) is 0 Å². The van der Waals surface area contributed by atoms with Gasteiger partial charge in [-0.25, -0.2) is 8.42 Å². The highest BCUT2D eigenvalue weighted by Gasteiger charge is 2.45. The Balaban J connectivity index is 2.11. The molecule has 19 heavy (non-hydrogen) atoms. The zero-order valence-corrected chi connectivity index (χ0v) is 10.5. The molecular formula is C11H11F3N2O2S. The molecule has 1 N–H and O–H groups in total. The van der Waals surface area contributed by atoms with Crippen LogP contribution in [0.1, 0.15) is 12.0 Å². The van der Waals surface area contributed by atoms with Crippen molar-refractivity contribution in [2.24, 2.45) is 5.10 Å². The molecule has 0 radical (unpaired) electrons. The lowest BCUT2D eigenvalue weighted by atomic mass is 10.2. The Bertz CT molecular complexity index is 582. The van der Waals surface area contributed by atoms with Crippen LogP contribution >= 0.6 is 0 Å². The Kier molecular flexibility index (Phi) is 3.53. The number of nitrogens with one attached hydrogen (secondary N) is 1. The van der Waals surface area contributed by atoms with Crippen LogP contribution in [0.15, 0.2) is 35.4 Å². The summed E-state index contributed by atoms with van der Waals surface area (Å²) >= 11 is 0. The number of hydrazone groups is 1. The second-order valence-electron chi connectivity index (χ2n) is 4.18. The number of sulfone groups is 1. The van der Waals surface area contributed by atoms with Crippen LogP contribution in [-0.2, 0) is 15.6 Å². The van der Waals surface area contributed by atoms with Gasteiger partial charge in [-0.2, -0.15) is 18.3 Å². The van der Waals surface area contributed by atoms with E-state index >= 15 is 0 Å². The quantitative estimate of drug-likeness (QED) is 0.905. The van der Waals surface area contributed by atoms with Gasteiger partial charge in [0.1, 0.15) is 6.04 Å². The van der Waals surface area contributed by atoms with Gasteiger partial charge >= 0.3 is 6.18 Å². The Morgan fingerprint density at radius 2 is 1.89 bits per heavy atom. The van der Waals surface area contributed by atoms with Gasteiger partial charge in [-0.15, -0.1) is 0 Å². The van der Waals surface area contributed by atoms with Gasteiger partial charge in [0.05, 0.1) is 5.75 Å². The van der Waals surface area contributed by atoms with Crippen molar-refractivity contribution in [1.29, 1.82) is 0 Å². The average molecular weight is 292 g/mol. The first kappa shape index (κ1) is 13.9. The SMILES string of the molecule is O=S(=O)(Cc1ccccc1)C1=NNC(C(F)(F)F)C1. The van der Waals surface area contributed by atoms with Gasteiger partial charge in [0, 0.05) is 6.42 Å². The molecule has 1 atom stereocenters. The summed E-state index contributed by atoms with van der Waals surface area (Å²) in [5.41, 5.74) is 2.34. The van der Waals surface area contributed by atoms with Crippen LogP contribution in [0, 0.1) is 0 Å². The van der Waals surface area contributed by atoms with Crippen LogP contribution in [0.4, 0.5) is 13.2 Å². The molecule has 1 aromatic rings. The van der Waals surface area contributed by atoms with Crippen LogP contribution in [0.2, 0.25) is 0 Å². The maximum Gasteiger partial charge on any atom is 0.410 e. The van der Waals surface area contributed by atoms with Crippen LogP contribution in [0.25, 0.3) is 0 Å². The molecule has 1 unspecified atom stereocenters. The molecule has 0 bridgehead atoms. The number of hydrogen-bond acceptors (Lipinski definition) is 4. The van der Waals surface area contributed by atoms with E-state index in [2.05, 4.69) is 5.10 Å². The minimum atomic E-state index is -4.51. The van der Waals surface area contributed by atoms with E-state index in [-0.39, 0.29) is 5.75 Å². The molecule has 0 spiro atoms. The number of halogens is 3. The Morgan fingerprint density at radius 1 is 1.26 bits per heavy atom. The third-order valence-electron chi connectivity index (χ3n) is 2.68.